The van der Waals surface area contributed by atoms with E-state index in [1.807, 2.05) is 30.3 Å². The Morgan fingerprint density at radius 2 is 1.94 bits per heavy atom. The van der Waals surface area contributed by atoms with Crippen molar-refractivity contribution in [3.8, 4) is 5.75 Å². The van der Waals surface area contributed by atoms with Gasteiger partial charge >= 0.3 is 5.97 Å². The van der Waals surface area contributed by atoms with E-state index in [-0.39, 0.29) is 40.0 Å². The quantitative estimate of drug-likeness (QED) is 0.262. The SMILES string of the molecule is Cc1c(C(=O)O)sc2nc(C(=O)NCc3ccc4c(c3)NC(=O)CO4)[nH]c(=O)c12.Nc1ccccc1. The number of carboxylic acid groups (broad SMARTS) is 1. The van der Waals surface area contributed by atoms with Gasteiger partial charge in [0.05, 0.1) is 11.1 Å². The van der Waals surface area contributed by atoms with Crippen LogP contribution in [0.1, 0.15) is 31.4 Å². The van der Waals surface area contributed by atoms with Crippen LogP contribution in [0, 0.1) is 6.92 Å². The van der Waals surface area contributed by atoms with E-state index in [1.165, 1.54) is 6.92 Å². The maximum absolute atomic E-state index is 12.4. The summed E-state index contributed by atoms with van der Waals surface area (Å²) in [6, 6.07) is 14.6. The van der Waals surface area contributed by atoms with Gasteiger partial charge in [-0.25, -0.2) is 9.78 Å². The molecule has 0 unspecified atom stereocenters. The van der Waals surface area contributed by atoms with Gasteiger partial charge in [-0.3, -0.25) is 14.4 Å². The predicted molar refractivity (Wildman–Crippen MR) is 135 cm³/mol. The van der Waals surface area contributed by atoms with Crippen molar-refractivity contribution in [2.75, 3.05) is 17.7 Å². The fraction of sp³-hybridized carbons (Fsp3) is 0.125. The van der Waals surface area contributed by atoms with E-state index in [0.29, 0.717) is 22.6 Å². The summed E-state index contributed by atoms with van der Waals surface area (Å²) in [4.78, 5) is 54.1. The van der Waals surface area contributed by atoms with Crippen molar-refractivity contribution < 1.29 is 24.2 Å². The van der Waals surface area contributed by atoms with Crippen LogP contribution in [0.4, 0.5) is 11.4 Å². The van der Waals surface area contributed by atoms with Gasteiger partial charge in [0.15, 0.2) is 6.61 Å². The first kappa shape index (κ1) is 24.4. The van der Waals surface area contributed by atoms with Crippen LogP contribution in [0.3, 0.4) is 0 Å². The maximum atomic E-state index is 12.4. The molecule has 0 saturated carbocycles. The fourth-order valence-electron chi connectivity index (χ4n) is 3.41. The number of H-pyrrole nitrogens is 1. The number of carboxylic acids is 1. The van der Waals surface area contributed by atoms with Gasteiger partial charge in [0.2, 0.25) is 5.82 Å². The molecule has 0 bridgehead atoms. The smallest absolute Gasteiger partial charge is 0.346 e. The van der Waals surface area contributed by atoms with Crippen LogP contribution in [0.2, 0.25) is 0 Å². The minimum atomic E-state index is -1.15. The highest BCUT2D eigenvalue weighted by molar-refractivity contribution is 7.20. The zero-order valence-corrected chi connectivity index (χ0v) is 19.8. The van der Waals surface area contributed by atoms with E-state index in [0.717, 1.165) is 17.0 Å². The maximum Gasteiger partial charge on any atom is 0.346 e. The molecule has 0 spiro atoms. The third kappa shape index (κ3) is 5.33. The Hall–Kier alpha value is -4.71. The third-order valence-corrected chi connectivity index (χ3v) is 6.31. The average Bonchev–Trinajstić information content (AvgIpc) is 3.20. The molecule has 1 aliphatic rings. The van der Waals surface area contributed by atoms with Crippen LogP contribution in [0.5, 0.6) is 5.75 Å². The summed E-state index contributed by atoms with van der Waals surface area (Å²) >= 11 is 0.843. The highest BCUT2D eigenvalue weighted by Crippen LogP contribution is 2.29. The number of benzene rings is 2. The Kier molecular flexibility index (Phi) is 6.97. The topological polar surface area (TPSA) is 176 Å². The van der Waals surface area contributed by atoms with E-state index in [1.54, 1.807) is 18.2 Å². The summed E-state index contributed by atoms with van der Waals surface area (Å²) in [7, 11) is 0. The van der Waals surface area contributed by atoms with Gasteiger partial charge in [0.25, 0.3) is 17.4 Å². The number of aromatic amines is 1. The molecular formula is C24H21N5O6S. The Labute approximate surface area is 207 Å². The fourth-order valence-corrected chi connectivity index (χ4v) is 4.44. The molecular weight excluding hydrogens is 486 g/mol. The molecule has 2 aromatic carbocycles. The van der Waals surface area contributed by atoms with Gasteiger partial charge in [-0.2, -0.15) is 0 Å². The standard InChI is InChI=1S/C18H14N4O6S.C6H7N/c1-7-12-15(24)21-14(22-17(12)29-13(7)18(26)27)16(25)19-5-8-2-3-10-9(4-8)20-11(23)6-28-10;7-6-4-2-1-3-5-6/h2-4H,5-6H2,1H3,(H,19,25)(H,20,23)(H,26,27)(H,21,22,24);1-5H,7H2. The van der Waals surface area contributed by atoms with E-state index in [9.17, 15) is 24.3 Å². The number of hydrogen-bond donors (Lipinski definition) is 5. The minimum Gasteiger partial charge on any atom is -0.482 e. The number of anilines is 2. The van der Waals surface area contributed by atoms with Gasteiger partial charge in [0.1, 0.15) is 15.5 Å². The number of hydrogen-bond acceptors (Lipinski definition) is 8. The highest BCUT2D eigenvalue weighted by Gasteiger charge is 2.21. The Morgan fingerprint density at radius 3 is 2.61 bits per heavy atom. The van der Waals surface area contributed by atoms with Gasteiger partial charge in [0, 0.05) is 12.2 Å². The molecule has 6 N–H and O–H groups in total. The van der Waals surface area contributed by atoms with Gasteiger partial charge in [-0.15, -0.1) is 11.3 Å². The number of nitrogens with zero attached hydrogens (tertiary/aromatic N) is 1. The molecule has 0 fully saturated rings. The number of fused-ring (bicyclic) bond motifs is 2. The monoisotopic (exact) mass is 507 g/mol. The van der Waals surface area contributed by atoms with Crippen molar-refractivity contribution in [2.24, 2.45) is 0 Å². The van der Waals surface area contributed by atoms with Crippen molar-refractivity contribution >= 4 is 50.7 Å². The zero-order chi connectivity index (χ0) is 25.8. The van der Waals surface area contributed by atoms with E-state index < -0.39 is 17.4 Å². The number of carbonyl (C=O) groups is 3. The Bertz CT molecular complexity index is 1530. The predicted octanol–water partition coefficient (Wildman–Crippen LogP) is 2.52. The summed E-state index contributed by atoms with van der Waals surface area (Å²) in [6.07, 6.45) is 0. The lowest BCUT2D eigenvalue weighted by Crippen LogP contribution is -2.28. The molecule has 2 amide bonds. The molecule has 184 valence electrons. The summed E-state index contributed by atoms with van der Waals surface area (Å²) in [5, 5.41) is 14.7. The van der Waals surface area contributed by atoms with Crippen molar-refractivity contribution in [1.82, 2.24) is 15.3 Å². The molecule has 0 atom stereocenters. The Balaban J connectivity index is 0.000000375. The molecule has 5 rings (SSSR count). The van der Waals surface area contributed by atoms with E-state index in [2.05, 4.69) is 20.6 Å². The lowest BCUT2D eigenvalue weighted by atomic mass is 10.1. The molecule has 11 nitrogen and oxygen atoms in total. The van der Waals surface area contributed by atoms with Crippen molar-refractivity contribution in [3.63, 3.8) is 0 Å². The first-order valence-electron chi connectivity index (χ1n) is 10.6. The number of rotatable bonds is 4. The molecule has 0 aliphatic carbocycles. The summed E-state index contributed by atoms with van der Waals surface area (Å²) in [5.74, 6) is -1.71. The highest BCUT2D eigenvalue weighted by atomic mass is 32.1. The largest absolute Gasteiger partial charge is 0.482 e. The minimum absolute atomic E-state index is 0.00823. The number of aryl methyl sites for hydroxylation is 1. The summed E-state index contributed by atoms with van der Waals surface area (Å²) < 4.78 is 5.28. The number of ether oxygens (including phenoxy) is 1. The van der Waals surface area contributed by atoms with Crippen LogP contribution >= 0.6 is 11.3 Å². The first-order chi connectivity index (χ1) is 17.2. The number of amides is 2. The summed E-state index contributed by atoms with van der Waals surface area (Å²) in [6.45, 7) is 1.60. The second-order valence-electron chi connectivity index (χ2n) is 7.72. The molecule has 0 radical (unpaired) electrons. The third-order valence-electron chi connectivity index (χ3n) is 5.14. The average molecular weight is 508 g/mol. The van der Waals surface area contributed by atoms with Crippen molar-refractivity contribution in [2.45, 2.75) is 13.5 Å². The number of nitrogens with two attached hydrogens (primary N) is 1. The number of thiophene rings is 1. The van der Waals surface area contributed by atoms with Crippen molar-refractivity contribution in [3.05, 3.63) is 80.7 Å². The molecule has 4 aromatic rings. The molecule has 2 aromatic heterocycles. The van der Waals surface area contributed by atoms with E-state index in [4.69, 9.17) is 10.5 Å². The molecule has 3 heterocycles. The number of nitrogens with one attached hydrogen (secondary N) is 3. The number of aromatic carboxylic acids is 1. The molecule has 0 saturated heterocycles. The van der Waals surface area contributed by atoms with Crippen LogP contribution in [-0.2, 0) is 11.3 Å². The van der Waals surface area contributed by atoms with Gasteiger partial charge in [-0.05, 0) is 42.3 Å². The lowest BCUT2D eigenvalue weighted by molar-refractivity contribution is -0.118. The van der Waals surface area contributed by atoms with Crippen LogP contribution in [-0.4, -0.2) is 39.5 Å². The van der Waals surface area contributed by atoms with E-state index >= 15 is 0 Å². The molecule has 36 heavy (non-hydrogen) atoms. The summed E-state index contributed by atoms with van der Waals surface area (Å²) in [5.41, 5.74) is 7.13. The van der Waals surface area contributed by atoms with Crippen LogP contribution in [0.25, 0.3) is 10.2 Å². The number of aromatic nitrogens is 2. The van der Waals surface area contributed by atoms with Gasteiger partial charge < -0.3 is 31.2 Å². The van der Waals surface area contributed by atoms with Crippen LogP contribution in [0.15, 0.2) is 53.3 Å². The molecule has 12 heteroatoms. The first-order valence-corrected chi connectivity index (χ1v) is 11.5. The van der Waals surface area contributed by atoms with Crippen LogP contribution < -0.4 is 26.7 Å². The Morgan fingerprint density at radius 1 is 1.19 bits per heavy atom. The number of nitrogen functional groups attached to an aromatic ring is 1. The van der Waals surface area contributed by atoms with Gasteiger partial charge in [-0.1, -0.05) is 24.3 Å². The number of carbonyl (C=O) groups excluding carboxylic acids is 2. The number of para-hydroxylation sites is 1. The normalized spacial score (nSPS) is 12.0. The zero-order valence-electron chi connectivity index (χ0n) is 19.0. The van der Waals surface area contributed by atoms with Crippen molar-refractivity contribution in [1.29, 1.82) is 0 Å². The molecule has 1 aliphatic heterocycles. The second-order valence-corrected chi connectivity index (χ2v) is 8.72. The second kappa shape index (κ2) is 10.3. The lowest BCUT2D eigenvalue weighted by Gasteiger charge is -2.18.